The molecule has 3 rings (SSSR count). The zero-order chi connectivity index (χ0) is 18.4. The number of amides is 1. The first-order valence-corrected chi connectivity index (χ1v) is 8.41. The van der Waals surface area contributed by atoms with Gasteiger partial charge in [0.15, 0.2) is 6.61 Å². The predicted molar refractivity (Wildman–Crippen MR) is 103 cm³/mol. The van der Waals surface area contributed by atoms with Gasteiger partial charge in [-0.05, 0) is 41.0 Å². The van der Waals surface area contributed by atoms with Crippen molar-refractivity contribution in [2.24, 2.45) is 5.10 Å². The van der Waals surface area contributed by atoms with Crippen LogP contribution in [0.3, 0.4) is 0 Å². The smallest absolute Gasteiger partial charge is 0.277 e. The van der Waals surface area contributed by atoms with E-state index in [-0.39, 0.29) is 18.3 Å². The van der Waals surface area contributed by atoms with Crippen molar-refractivity contribution in [2.45, 2.75) is 13.3 Å². The molecule has 0 radical (unpaired) electrons. The molecule has 0 saturated heterocycles. The number of hydrazone groups is 1. The van der Waals surface area contributed by atoms with Crippen LogP contribution >= 0.6 is 0 Å². The minimum Gasteiger partial charge on any atom is -0.507 e. The lowest BCUT2D eigenvalue weighted by atomic mass is 10.0. The van der Waals surface area contributed by atoms with Crippen molar-refractivity contribution in [1.82, 2.24) is 5.43 Å². The summed E-state index contributed by atoms with van der Waals surface area (Å²) in [7, 11) is 0. The van der Waals surface area contributed by atoms with Crippen molar-refractivity contribution >= 4 is 22.9 Å². The maximum absolute atomic E-state index is 11.9. The van der Waals surface area contributed by atoms with Crippen molar-refractivity contribution in [2.75, 3.05) is 6.61 Å². The van der Waals surface area contributed by atoms with E-state index in [2.05, 4.69) is 17.5 Å². The largest absolute Gasteiger partial charge is 0.507 e. The third kappa shape index (κ3) is 4.19. The maximum atomic E-state index is 11.9. The quantitative estimate of drug-likeness (QED) is 0.528. The normalized spacial score (nSPS) is 11.0. The number of nitrogens with one attached hydrogen (secondary N) is 1. The fraction of sp³-hybridized carbons (Fsp3) is 0.143. The predicted octanol–water partition coefficient (Wildman–Crippen LogP) is 3.64. The summed E-state index contributed by atoms with van der Waals surface area (Å²) in [6.45, 7) is 1.94. The van der Waals surface area contributed by atoms with E-state index in [1.165, 1.54) is 11.8 Å². The highest BCUT2D eigenvalue weighted by molar-refractivity contribution is 6.02. The van der Waals surface area contributed by atoms with Gasteiger partial charge in [-0.15, -0.1) is 0 Å². The molecule has 0 unspecified atom stereocenters. The number of aromatic hydroxyl groups is 1. The molecule has 5 nitrogen and oxygen atoms in total. The molecule has 0 aliphatic rings. The molecule has 0 aliphatic carbocycles. The van der Waals surface area contributed by atoms with Crippen LogP contribution in [0.2, 0.25) is 0 Å². The molecule has 3 aromatic rings. The molecule has 5 heteroatoms. The second-order valence-electron chi connectivity index (χ2n) is 5.80. The van der Waals surface area contributed by atoms with Gasteiger partial charge in [0.05, 0.1) is 6.21 Å². The van der Waals surface area contributed by atoms with Crippen LogP contribution in [-0.4, -0.2) is 23.8 Å². The number of fused-ring (bicyclic) bond motifs is 1. The molecule has 26 heavy (non-hydrogen) atoms. The van der Waals surface area contributed by atoms with E-state index in [4.69, 9.17) is 4.74 Å². The zero-order valence-electron chi connectivity index (χ0n) is 14.5. The SMILES string of the molecule is CCc1ccc(OCC(=O)NN=Cc2c(O)ccc3ccccc23)cc1. The highest BCUT2D eigenvalue weighted by Gasteiger charge is 2.05. The van der Waals surface area contributed by atoms with E-state index in [0.29, 0.717) is 11.3 Å². The Morgan fingerprint density at radius 1 is 1.12 bits per heavy atom. The van der Waals surface area contributed by atoms with E-state index in [1.807, 2.05) is 54.6 Å². The first-order chi connectivity index (χ1) is 12.7. The van der Waals surface area contributed by atoms with Crippen LogP contribution in [0.1, 0.15) is 18.1 Å². The molecule has 0 bridgehead atoms. The third-order valence-corrected chi connectivity index (χ3v) is 4.03. The lowest BCUT2D eigenvalue weighted by Gasteiger charge is -2.06. The maximum Gasteiger partial charge on any atom is 0.277 e. The first kappa shape index (κ1) is 17.5. The van der Waals surface area contributed by atoms with E-state index in [0.717, 1.165) is 17.2 Å². The van der Waals surface area contributed by atoms with Gasteiger partial charge in [-0.3, -0.25) is 4.79 Å². The molecule has 0 aliphatic heterocycles. The van der Waals surface area contributed by atoms with Crippen LogP contribution in [0.25, 0.3) is 10.8 Å². The van der Waals surface area contributed by atoms with E-state index in [9.17, 15) is 9.90 Å². The van der Waals surface area contributed by atoms with Gasteiger partial charge in [-0.25, -0.2) is 5.43 Å². The summed E-state index contributed by atoms with van der Waals surface area (Å²) in [6.07, 6.45) is 2.39. The van der Waals surface area contributed by atoms with Gasteiger partial charge in [0, 0.05) is 5.56 Å². The van der Waals surface area contributed by atoms with Crippen molar-refractivity contribution < 1.29 is 14.6 Å². The summed E-state index contributed by atoms with van der Waals surface area (Å²) in [5.41, 5.74) is 4.17. The number of aryl methyl sites for hydroxylation is 1. The third-order valence-electron chi connectivity index (χ3n) is 4.03. The number of carbonyl (C=O) groups is 1. The number of carbonyl (C=O) groups excluding carboxylic acids is 1. The molecule has 3 aromatic carbocycles. The average Bonchev–Trinajstić information content (AvgIpc) is 2.68. The van der Waals surface area contributed by atoms with Crippen LogP contribution in [0.15, 0.2) is 65.8 Å². The first-order valence-electron chi connectivity index (χ1n) is 8.41. The van der Waals surface area contributed by atoms with Crippen LogP contribution in [0.4, 0.5) is 0 Å². The molecule has 132 valence electrons. The molecule has 0 spiro atoms. The number of benzene rings is 3. The number of hydrogen-bond donors (Lipinski definition) is 2. The molecule has 0 saturated carbocycles. The molecule has 2 N–H and O–H groups in total. The van der Waals surface area contributed by atoms with Gasteiger partial charge in [0.25, 0.3) is 5.91 Å². The second kappa shape index (κ2) is 8.16. The van der Waals surface area contributed by atoms with Crippen molar-refractivity contribution in [3.05, 3.63) is 71.8 Å². The Hall–Kier alpha value is -3.34. The lowest BCUT2D eigenvalue weighted by molar-refractivity contribution is -0.123. The molecule has 0 fully saturated rings. The fourth-order valence-corrected chi connectivity index (χ4v) is 2.59. The van der Waals surface area contributed by atoms with E-state index >= 15 is 0 Å². The summed E-state index contributed by atoms with van der Waals surface area (Å²) in [5.74, 6) is 0.363. The van der Waals surface area contributed by atoms with E-state index in [1.54, 1.807) is 6.07 Å². The van der Waals surface area contributed by atoms with Crippen LogP contribution < -0.4 is 10.2 Å². The van der Waals surface area contributed by atoms with Crippen molar-refractivity contribution in [3.63, 3.8) is 0 Å². The summed E-state index contributed by atoms with van der Waals surface area (Å²) in [6, 6.07) is 18.7. The number of nitrogens with zero attached hydrogens (tertiary/aromatic N) is 1. The highest BCUT2D eigenvalue weighted by atomic mass is 16.5. The molecule has 0 atom stereocenters. The Labute approximate surface area is 151 Å². The van der Waals surface area contributed by atoms with Crippen LogP contribution in [0, 0.1) is 0 Å². The minimum atomic E-state index is -0.374. The Morgan fingerprint density at radius 2 is 1.88 bits per heavy atom. The second-order valence-corrected chi connectivity index (χ2v) is 5.80. The summed E-state index contributed by atoms with van der Waals surface area (Å²) < 4.78 is 5.43. The Kier molecular flexibility index (Phi) is 5.49. The minimum absolute atomic E-state index is 0.106. The fourth-order valence-electron chi connectivity index (χ4n) is 2.59. The molecule has 0 aromatic heterocycles. The van der Waals surface area contributed by atoms with Crippen LogP contribution in [0.5, 0.6) is 11.5 Å². The molecular weight excluding hydrogens is 328 g/mol. The van der Waals surface area contributed by atoms with Gasteiger partial charge in [-0.2, -0.15) is 5.10 Å². The average molecular weight is 348 g/mol. The lowest BCUT2D eigenvalue weighted by Crippen LogP contribution is -2.24. The van der Waals surface area contributed by atoms with Crippen LogP contribution in [-0.2, 0) is 11.2 Å². The van der Waals surface area contributed by atoms with Gasteiger partial charge in [0.1, 0.15) is 11.5 Å². The monoisotopic (exact) mass is 348 g/mol. The van der Waals surface area contributed by atoms with Crippen molar-refractivity contribution in [1.29, 1.82) is 0 Å². The van der Waals surface area contributed by atoms with Gasteiger partial charge in [-0.1, -0.05) is 49.4 Å². The zero-order valence-corrected chi connectivity index (χ0v) is 14.5. The molecule has 1 amide bonds. The highest BCUT2D eigenvalue weighted by Crippen LogP contribution is 2.25. The topological polar surface area (TPSA) is 70.9 Å². The Balaban J connectivity index is 1.60. The number of ether oxygens (including phenoxy) is 1. The van der Waals surface area contributed by atoms with E-state index < -0.39 is 0 Å². The summed E-state index contributed by atoms with van der Waals surface area (Å²) in [5, 5.41) is 15.8. The Bertz CT molecular complexity index is 934. The standard InChI is InChI=1S/C21H20N2O3/c1-2-15-7-10-17(11-8-15)26-14-21(25)23-22-13-19-18-6-4-3-5-16(18)9-12-20(19)24/h3-13,24H,2,14H2,1H3,(H,23,25). The summed E-state index contributed by atoms with van der Waals surface area (Å²) >= 11 is 0. The number of rotatable bonds is 6. The molecular formula is C21H20N2O3. The molecule has 0 heterocycles. The summed E-state index contributed by atoms with van der Waals surface area (Å²) in [4.78, 5) is 11.9. The Morgan fingerprint density at radius 3 is 2.65 bits per heavy atom. The van der Waals surface area contributed by atoms with Gasteiger partial charge < -0.3 is 9.84 Å². The van der Waals surface area contributed by atoms with Gasteiger partial charge in [0.2, 0.25) is 0 Å². The number of phenolic OH excluding ortho intramolecular Hbond substituents is 1. The number of phenols is 1. The number of hydrogen-bond acceptors (Lipinski definition) is 4. The van der Waals surface area contributed by atoms with Gasteiger partial charge >= 0.3 is 0 Å². The van der Waals surface area contributed by atoms with Crippen molar-refractivity contribution in [3.8, 4) is 11.5 Å².